The van der Waals surface area contributed by atoms with Crippen LogP contribution in [-0.2, 0) is 0 Å². The Morgan fingerprint density at radius 3 is 2.19 bits per heavy atom. The number of H-pyrrole nitrogens is 1. The highest BCUT2D eigenvalue weighted by Gasteiger charge is 2.22. The average molecular weight is 425 g/mol. The van der Waals surface area contributed by atoms with Crippen LogP contribution in [-0.4, -0.2) is 36.1 Å². The van der Waals surface area contributed by atoms with Crippen LogP contribution in [0.15, 0.2) is 85.1 Å². The molecule has 32 heavy (non-hydrogen) atoms. The zero-order chi connectivity index (χ0) is 21.9. The van der Waals surface area contributed by atoms with Crippen molar-refractivity contribution in [3.05, 3.63) is 90.6 Å². The zero-order valence-electron chi connectivity index (χ0n) is 18.3. The van der Waals surface area contributed by atoms with E-state index in [0.29, 0.717) is 5.92 Å². The monoisotopic (exact) mass is 424 g/mol. The first kappa shape index (κ1) is 20.3. The number of nitrogens with zero attached hydrogens (tertiary/aromatic N) is 2. The molecule has 2 N–H and O–H groups in total. The smallest absolute Gasteiger partial charge is 0.330 e. The molecule has 0 saturated carbocycles. The van der Waals surface area contributed by atoms with Crippen molar-refractivity contribution in [3.63, 3.8) is 0 Å². The number of piperidine rings is 1. The minimum Gasteiger partial charge on any atom is -0.361 e. The molecule has 2 heterocycles. The first-order chi connectivity index (χ1) is 15.7. The summed E-state index contributed by atoms with van der Waals surface area (Å²) in [5.74, 6) is 0.552. The standard InChI is InChI=1S/C27H28N4O/c1-30-16-14-20(15-17-30)25-19-28-26-13-12-21(18-24(25)26)29-27(32)31(22-8-4-2-5-9-22)23-10-6-3-7-11-23/h2-13,18-20,28H,14-17H2,1H3,(H,29,32). The van der Waals surface area contributed by atoms with Gasteiger partial charge in [-0.05, 0) is 86.9 Å². The molecule has 5 rings (SSSR count). The Kier molecular flexibility index (Phi) is 5.65. The molecule has 2 amide bonds. The minimum atomic E-state index is -0.182. The Hall–Kier alpha value is -3.57. The molecular weight excluding hydrogens is 396 g/mol. The molecule has 3 aromatic carbocycles. The number of urea groups is 1. The van der Waals surface area contributed by atoms with Gasteiger partial charge in [0, 0.05) is 22.8 Å². The predicted molar refractivity (Wildman–Crippen MR) is 132 cm³/mol. The molecule has 162 valence electrons. The van der Waals surface area contributed by atoms with Crippen molar-refractivity contribution >= 4 is 34.0 Å². The van der Waals surface area contributed by atoms with Crippen LogP contribution in [0.1, 0.15) is 24.3 Å². The third-order valence-electron chi connectivity index (χ3n) is 6.36. The average Bonchev–Trinajstić information content (AvgIpc) is 3.24. The van der Waals surface area contributed by atoms with Crippen LogP contribution in [0.25, 0.3) is 10.9 Å². The molecule has 1 aliphatic heterocycles. The van der Waals surface area contributed by atoms with E-state index in [0.717, 1.165) is 48.5 Å². The van der Waals surface area contributed by atoms with Gasteiger partial charge in [0.25, 0.3) is 0 Å². The Morgan fingerprint density at radius 2 is 1.56 bits per heavy atom. The van der Waals surface area contributed by atoms with Gasteiger partial charge in [-0.25, -0.2) is 4.79 Å². The Morgan fingerprint density at radius 1 is 0.938 bits per heavy atom. The molecule has 1 aliphatic rings. The predicted octanol–water partition coefficient (Wildman–Crippen LogP) is 6.35. The summed E-state index contributed by atoms with van der Waals surface area (Å²) in [5, 5.41) is 4.32. The van der Waals surface area contributed by atoms with Crippen LogP contribution < -0.4 is 10.2 Å². The number of benzene rings is 3. The molecule has 0 spiro atoms. The summed E-state index contributed by atoms with van der Waals surface area (Å²) in [7, 11) is 2.18. The van der Waals surface area contributed by atoms with Gasteiger partial charge in [-0.3, -0.25) is 4.90 Å². The number of nitrogens with one attached hydrogen (secondary N) is 2. The highest BCUT2D eigenvalue weighted by atomic mass is 16.2. The molecule has 0 aliphatic carbocycles. The van der Waals surface area contributed by atoms with Crippen molar-refractivity contribution in [2.45, 2.75) is 18.8 Å². The van der Waals surface area contributed by atoms with Crippen molar-refractivity contribution in [2.75, 3.05) is 30.4 Å². The van der Waals surface area contributed by atoms with E-state index in [2.05, 4.69) is 40.6 Å². The lowest BCUT2D eigenvalue weighted by Gasteiger charge is -2.28. The van der Waals surface area contributed by atoms with E-state index in [1.54, 1.807) is 4.90 Å². The number of para-hydroxylation sites is 2. The van der Waals surface area contributed by atoms with Crippen molar-refractivity contribution in [2.24, 2.45) is 0 Å². The summed E-state index contributed by atoms with van der Waals surface area (Å²) < 4.78 is 0. The fourth-order valence-corrected chi connectivity index (χ4v) is 4.59. The van der Waals surface area contributed by atoms with E-state index in [1.165, 1.54) is 10.9 Å². The Labute approximate surface area is 188 Å². The maximum absolute atomic E-state index is 13.4. The molecule has 0 radical (unpaired) electrons. The lowest BCUT2D eigenvalue weighted by atomic mass is 9.89. The van der Waals surface area contributed by atoms with Gasteiger partial charge >= 0.3 is 6.03 Å². The van der Waals surface area contributed by atoms with Crippen LogP contribution in [0.2, 0.25) is 0 Å². The second-order valence-corrected chi connectivity index (χ2v) is 8.52. The second-order valence-electron chi connectivity index (χ2n) is 8.52. The molecule has 1 fully saturated rings. The minimum absolute atomic E-state index is 0.182. The topological polar surface area (TPSA) is 51.4 Å². The van der Waals surface area contributed by atoms with Crippen LogP contribution >= 0.6 is 0 Å². The number of anilines is 3. The fourth-order valence-electron chi connectivity index (χ4n) is 4.59. The van der Waals surface area contributed by atoms with Crippen molar-refractivity contribution < 1.29 is 4.79 Å². The lowest BCUT2D eigenvalue weighted by molar-refractivity contribution is 0.256. The van der Waals surface area contributed by atoms with Crippen LogP contribution in [0.4, 0.5) is 21.9 Å². The second kappa shape index (κ2) is 8.89. The first-order valence-electron chi connectivity index (χ1n) is 11.2. The Balaban J connectivity index is 1.44. The summed E-state index contributed by atoms with van der Waals surface area (Å²) >= 11 is 0. The van der Waals surface area contributed by atoms with Crippen LogP contribution in [0, 0.1) is 0 Å². The number of carbonyl (C=O) groups is 1. The fraction of sp³-hybridized carbons (Fsp3) is 0.222. The molecule has 4 aromatic rings. The van der Waals surface area contributed by atoms with Crippen LogP contribution in [0.5, 0.6) is 0 Å². The molecular formula is C27H28N4O. The zero-order valence-corrected chi connectivity index (χ0v) is 18.3. The lowest BCUT2D eigenvalue weighted by Crippen LogP contribution is -2.30. The summed E-state index contributed by atoms with van der Waals surface area (Å²) in [5.41, 5.74) is 4.91. The van der Waals surface area contributed by atoms with E-state index in [4.69, 9.17) is 0 Å². The maximum Gasteiger partial charge on any atom is 0.330 e. The van der Waals surface area contributed by atoms with E-state index in [-0.39, 0.29) is 6.03 Å². The molecule has 0 atom stereocenters. The molecule has 1 aromatic heterocycles. The van der Waals surface area contributed by atoms with Gasteiger partial charge in [-0.2, -0.15) is 0 Å². The summed E-state index contributed by atoms with van der Waals surface area (Å²) in [4.78, 5) is 20.9. The SMILES string of the molecule is CN1CCC(c2c[nH]c3ccc(NC(=O)N(c4ccccc4)c4ccccc4)cc23)CC1. The van der Waals surface area contributed by atoms with Crippen molar-refractivity contribution in [3.8, 4) is 0 Å². The number of fused-ring (bicyclic) bond motifs is 1. The maximum atomic E-state index is 13.4. The molecule has 1 saturated heterocycles. The normalized spacial score (nSPS) is 15.0. The van der Waals surface area contributed by atoms with E-state index < -0.39 is 0 Å². The summed E-state index contributed by atoms with van der Waals surface area (Å²) in [6, 6.07) is 25.4. The van der Waals surface area contributed by atoms with Gasteiger partial charge < -0.3 is 15.2 Å². The molecule has 5 heteroatoms. The van der Waals surface area contributed by atoms with Crippen LogP contribution in [0.3, 0.4) is 0 Å². The number of hydrogen-bond donors (Lipinski definition) is 2. The highest BCUT2D eigenvalue weighted by Crippen LogP contribution is 2.34. The number of likely N-dealkylation sites (tertiary alicyclic amines) is 1. The van der Waals surface area contributed by atoms with Gasteiger partial charge in [0.1, 0.15) is 0 Å². The first-order valence-corrected chi connectivity index (χ1v) is 11.2. The molecule has 0 unspecified atom stereocenters. The van der Waals surface area contributed by atoms with E-state index in [9.17, 15) is 4.79 Å². The number of aromatic amines is 1. The largest absolute Gasteiger partial charge is 0.361 e. The van der Waals surface area contributed by atoms with Gasteiger partial charge in [-0.1, -0.05) is 36.4 Å². The summed E-state index contributed by atoms with van der Waals surface area (Å²) in [6.45, 7) is 2.24. The highest BCUT2D eigenvalue weighted by molar-refractivity contribution is 6.07. The number of aromatic nitrogens is 1. The van der Waals surface area contributed by atoms with Crippen molar-refractivity contribution in [1.82, 2.24) is 9.88 Å². The van der Waals surface area contributed by atoms with Gasteiger partial charge in [0.2, 0.25) is 0 Å². The summed E-state index contributed by atoms with van der Waals surface area (Å²) in [6.07, 6.45) is 4.47. The van der Waals surface area contributed by atoms with Gasteiger partial charge in [-0.15, -0.1) is 0 Å². The number of carbonyl (C=O) groups excluding carboxylic acids is 1. The van der Waals surface area contributed by atoms with Crippen molar-refractivity contribution in [1.29, 1.82) is 0 Å². The third kappa shape index (κ3) is 4.12. The number of hydrogen-bond acceptors (Lipinski definition) is 2. The van der Waals surface area contributed by atoms with Gasteiger partial charge in [0.05, 0.1) is 11.4 Å². The Bertz CT molecular complexity index is 1150. The number of rotatable bonds is 4. The van der Waals surface area contributed by atoms with E-state index in [1.807, 2.05) is 66.7 Å². The molecule has 5 nitrogen and oxygen atoms in total. The molecule has 0 bridgehead atoms. The van der Waals surface area contributed by atoms with Gasteiger partial charge in [0.15, 0.2) is 0 Å². The third-order valence-corrected chi connectivity index (χ3v) is 6.36. The van der Waals surface area contributed by atoms with E-state index >= 15 is 0 Å². The number of amides is 2. The quantitative estimate of drug-likeness (QED) is 0.401.